The van der Waals surface area contributed by atoms with E-state index in [9.17, 15) is 0 Å². The van der Waals surface area contributed by atoms with Crippen LogP contribution in [0.2, 0.25) is 0 Å². The number of hydrogen-bond donors (Lipinski definition) is 1. The van der Waals surface area contributed by atoms with Crippen molar-refractivity contribution in [3.63, 3.8) is 0 Å². The Hall–Kier alpha value is -2.29. The first-order valence-electron chi connectivity index (χ1n) is 7.88. The zero-order valence-corrected chi connectivity index (χ0v) is 13.7. The van der Waals surface area contributed by atoms with E-state index in [2.05, 4.69) is 55.7 Å². The first-order valence-corrected chi connectivity index (χ1v) is 7.88. The minimum Gasteiger partial charge on any atom is -0.398 e. The number of hydrogen-bond acceptors (Lipinski definition) is 2. The quantitative estimate of drug-likeness (QED) is 0.709. The summed E-state index contributed by atoms with van der Waals surface area (Å²) in [5.74, 6) is 0.991. The van der Waals surface area contributed by atoms with Crippen molar-refractivity contribution in [3.05, 3.63) is 47.5 Å². The molecule has 0 aliphatic heterocycles. The smallest absolute Gasteiger partial charge is 0.141 e. The van der Waals surface area contributed by atoms with Crippen LogP contribution >= 0.6 is 0 Å². The molecule has 0 fully saturated rings. The predicted molar refractivity (Wildman–Crippen MR) is 94.1 cm³/mol. The summed E-state index contributed by atoms with van der Waals surface area (Å²) in [5, 5.41) is 0. The van der Waals surface area contributed by atoms with Crippen molar-refractivity contribution in [1.29, 1.82) is 0 Å². The molecule has 1 heterocycles. The molecule has 0 saturated heterocycles. The molecule has 3 nitrogen and oxygen atoms in total. The van der Waals surface area contributed by atoms with Crippen molar-refractivity contribution in [2.45, 2.75) is 40.2 Å². The molecule has 0 atom stereocenters. The Morgan fingerprint density at radius 2 is 1.91 bits per heavy atom. The number of nitrogens with zero attached hydrogens (tertiary/aromatic N) is 2. The van der Waals surface area contributed by atoms with Crippen LogP contribution in [0.15, 0.2) is 36.4 Å². The minimum atomic E-state index is 0.343. The molecular weight excluding hydrogens is 270 g/mol. The average molecular weight is 293 g/mol. The second-order valence-electron chi connectivity index (χ2n) is 6.15. The molecular formula is C19H23N3. The van der Waals surface area contributed by atoms with Crippen LogP contribution in [0.4, 0.5) is 5.69 Å². The standard InChI is InChI=1S/C19H23N3/c1-5-14-7-9-18-17(10-14)21-19(22(18)12(2)3)15-8-6-13(4)16(20)11-15/h6-12H,5,20H2,1-4H3. The van der Waals surface area contributed by atoms with Crippen molar-refractivity contribution in [2.75, 3.05) is 5.73 Å². The molecule has 3 rings (SSSR count). The maximum atomic E-state index is 6.09. The van der Waals surface area contributed by atoms with Gasteiger partial charge in [0, 0.05) is 17.3 Å². The summed E-state index contributed by atoms with van der Waals surface area (Å²) in [4.78, 5) is 4.89. The lowest BCUT2D eigenvalue weighted by atomic mass is 10.1. The van der Waals surface area contributed by atoms with Crippen LogP contribution < -0.4 is 5.73 Å². The van der Waals surface area contributed by atoms with E-state index in [1.807, 2.05) is 13.0 Å². The van der Waals surface area contributed by atoms with Crippen molar-refractivity contribution in [2.24, 2.45) is 0 Å². The average Bonchev–Trinajstić information content (AvgIpc) is 2.88. The summed E-state index contributed by atoms with van der Waals surface area (Å²) in [5.41, 5.74) is 12.6. The third kappa shape index (κ3) is 2.37. The lowest BCUT2D eigenvalue weighted by Gasteiger charge is -2.14. The third-order valence-electron chi connectivity index (χ3n) is 4.22. The first-order chi connectivity index (χ1) is 10.5. The largest absolute Gasteiger partial charge is 0.398 e. The number of nitrogens with two attached hydrogens (primary N) is 1. The Labute approximate surface area is 131 Å². The van der Waals surface area contributed by atoms with Gasteiger partial charge in [-0.15, -0.1) is 0 Å². The lowest BCUT2D eigenvalue weighted by Crippen LogP contribution is -2.03. The molecule has 3 aromatic rings. The Morgan fingerprint density at radius 3 is 2.55 bits per heavy atom. The fourth-order valence-corrected chi connectivity index (χ4v) is 2.87. The molecule has 0 bridgehead atoms. The second-order valence-corrected chi connectivity index (χ2v) is 6.15. The monoisotopic (exact) mass is 293 g/mol. The van der Waals surface area contributed by atoms with Crippen molar-refractivity contribution >= 4 is 16.7 Å². The topological polar surface area (TPSA) is 43.8 Å². The van der Waals surface area contributed by atoms with Crippen molar-refractivity contribution in [1.82, 2.24) is 9.55 Å². The van der Waals surface area contributed by atoms with Gasteiger partial charge in [-0.3, -0.25) is 0 Å². The van der Waals surface area contributed by atoms with E-state index in [4.69, 9.17) is 10.7 Å². The van der Waals surface area contributed by atoms with E-state index >= 15 is 0 Å². The molecule has 0 radical (unpaired) electrons. The van der Waals surface area contributed by atoms with Gasteiger partial charge in [0.25, 0.3) is 0 Å². The highest BCUT2D eigenvalue weighted by Crippen LogP contribution is 2.30. The number of rotatable bonds is 3. The van der Waals surface area contributed by atoms with E-state index in [1.165, 1.54) is 11.1 Å². The summed E-state index contributed by atoms with van der Waals surface area (Å²) < 4.78 is 2.29. The van der Waals surface area contributed by atoms with Crippen LogP contribution in [0, 0.1) is 6.92 Å². The molecule has 0 amide bonds. The van der Waals surface area contributed by atoms with Gasteiger partial charge in [-0.25, -0.2) is 4.98 Å². The third-order valence-corrected chi connectivity index (χ3v) is 4.22. The first kappa shape index (κ1) is 14.6. The summed E-state index contributed by atoms with van der Waals surface area (Å²) in [6.45, 7) is 8.58. The number of imidazole rings is 1. The fraction of sp³-hybridized carbons (Fsp3) is 0.316. The van der Waals surface area contributed by atoms with Crippen LogP contribution in [-0.2, 0) is 6.42 Å². The molecule has 0 aliphatic carbocycles. The normalized spacial score (nSPS) is 11.5. The number of nitrogen functional groups attached to an aromatic ring is 1. The van der Waals surface area contributed by atoms with Gasteiger partial charge in [0.1, 0.15) is 5.82 Å². The van der Waals surface area contributed by atoms with Crippen LogP contribution in [0.3, 0.4) is 0 Å². The highest BCUT2D eigenvalue weighted by atomic mass is 15.1. The van der Waals surface area contributed by atoms with E-state index in [0.717, 1.165) is 34.6 Å². The Kier molecular flexibility index (Phi) is 3.65. The van der Waals surface area contributed by atoms with Gasteiger partial charge in [-0.05, 0) is 56.5 Å². The van der Waals surface area contributed by atoms with E-state index in [-0.39, 0.29) is 0 Å². The zero-order valence-electron chi connectivity index (χ0n) is 13.7. The number of anilines is 1. The number of fused-ring (bicyclic) bond motifs is 1. The second kappa shape index (κ2) is 5.48. The highest BCUT2D eigenvalue weighted by molar-refractivity contribution is 5.82. The summed E-state index contributed by atoms with van der Waals surface area (Å²) in [6.07, 6.45) is 1.03. The van der Waals surface area contributed by atoms with Crippen LogP contribution in [-0.4, -0.2) is 9.55 Å². The van der Waals surface area contributed by atoms with Gasteiger partial charge in [0.05, 0.1) is 11.0 Å². The molecule has 0 aliphatic rings. The van der Waals surface area contributed by atoms with Gasteiger partial charge in [0.15, 0.2) is 0 Å². The van der Waals surface area contributed by atoms with Crippen LogP contribution in [0.1, 0.15) is 37.9 Å². The van der Waals surface area contributed by atoms with Crippen molar-refractivity contribution in [3.8, 4) is 11.4 Å². The maximum Gasteiger partial charge on any atom is 0.141 e. The Balaban J connectivity index is 2.27. The summed E-state index contributed by atoms with van der Waals surface area (Å²) in [7, 11) is 0. The molecule has 22 heavy (non-hydrogen) atoms. The van der Waals surface area contributed by atoms with Crippen molar-refractivity contribution < 1.29 is 0 Å². The molecule has 114 valence electrons. The van der Waals surface area contributed by atoms with Gasteiger partial charge >= 0.3 is 0 Å². The molecule has 3 heteroatoms. The van der Waals surface area contributed by atoms with Gasteiger partial charge in [-0.1, -0.05) is 25.1 Å². The molecule has 1 aromatic heterocycles. The van der Waals surface area contributed by atoms with Crippen LogP contribution in [0.5, 0.6) is 0 Å². The molecule has 2 aromatic carbocycles. The summed E-state index contributed by atoms with van der Waals surface area (Å²) in [6, 6.07) is 13.1. The van der Waals surface area contributed by atoms with E-state index in [1.54, 1.807) is 0 Å². The number of benzene rings is 2. The minimum absolute atomic E-state index is 0.343. The fourth-order valence-electron chi connectivity index (χ4n) is 2.87. The SMILES string of the molecule is CCc1ccc2c(c1)nc(-c1ccc(C)c(N)c1)n2C(C)C. The maximum absolute atomic E-state index is 6.09. The number of aromatic nitrogens is 2. The zero-order chi connectivity index (χ0) is 15.9. The van der Waals surface area contributed by atoms with Gasteiger partial charge in [0.2, 0.25) is 0 Å². The molecule has 2 N–H and O–H groups in total. The summed E-state index contributed by atoms with van der Waals surface area (Å²) >= 11 is 0. The van der Waals surface area contributed by atoms with Gasteiger partial charge in [-0.2, -0.15) is 0 Å². The Morgan fingerprint density at radius 1 is 1.14 bits per heavy atom. The Bertz CT molecular complexity index is 828. The molecule has 0 saturated carbocycles. The predicted octanol–water partition coefficient (Wildman–Crippen LogP) is 4.74. The lowest BCUT2D eigenvalue weighted by molar-refractivity contribution is 0.624. The molecule has 0 spiro atoms. The van der Waals surface area contributed by atoms with Gasteiger partial charge < -0.3 is 10.3 Å². The van der Waals surface area contributed by atoms with E-state index < -0.39 is 0 Å². The molecule has 0 unspecified atom stereocenters. The number of aryl methyl sites for hydroxylation is 2. The highest BCUT2D eigenvalue weighted by Gasteiger charge is 2.15. The van der Waals surface area contributed by atoms with E-state index in [0.29, 0.717) is 6.04 Å². The van der Waals surface area contributed by atoms with Crippen LogP contribution in [0.25, 0.3) is 22.4 Å².